The monoisotopic (exact) mass is 344 g/mol. The maximum atomic E-state index is 5.72. The van der Waals surface area contributed by atoms with Crippen LogP contribution in [0.3, 0.4) is 0 Å². The van der Waals surface area contributed by atoms with Crippen molar-refractivity contribution in [2.75, 3.05) is 26.8 Å². The average Bonchev–Trinajstić information content (AvgIpc) is 3.15. The summed E-state index contributed by atoms with van der Waals surface area (Å²) in [7, 11) is 1.76. The molecular formula is C19H28N4O2. The number of aromatic nitrogens is 3. The van der Waals surface area contributed by atoms with Crippen molar-refractivity contribution in [3.8, 4) is 5.75 Å². The third kappa shape index (κ3) is 4.58. The van der Waals surface area contributed by atoms with Crippen molar-refractivity contribution in [1.82, 2.24) is 20.1 Å². The minimum atomic E-state index is 0.199. The fourth-order valence-electron chi connectivity index (χ4n) is 3.49. The van der Waals surface area contributed by atoms with Gasteiger partial charge in [0.05, 0.1) is 12.7 Å². The Morgan fingerprint density at radius 3 is 2.60 bits per heavy atom. The second-order valence-electron chi connectivity index (χ2n) is 7.11. The maximum Gasteiger partial charge on any atom is 0.155 e. The van der Waals surface area contributed by atoms with Crippen LogP contribution in [0.1, 0.15) is 37.0 Å². The van der Waals surface area contributed by atoms with Gasteiger partial charge in [-0.25, -0.2) is 4.98 Å². The van der Waals surface area contributed by atoms with E-state index in [2.05, 4.69) is 32.2 Å². The Morgan fingerprint density at radius 2 is 2.00 bits per heavy atom. The van der Waals surface area contributed by atoms with Crippen LogP contribution in [0.25, 0.3) is 0 Å². The SMILES string of the molecule is COC[C@@H]1CN(Cc2ccc(OC(C)C)cc2)C[C@H]1c1n[nH]c(C)n1. The number of aromatic amines is 1. The van der Waals surface area contributed by atoms with Crippen LogP contribution in [0.2, 0.25) is 0 Å². The largest absolute Gasteiger partial charge is 0.491 e. The van der Waals surface area contributed by atoms with Crippen LogP contribution in [0.5, 0.6) is 5.75 Å². The van der Waals surface area contributed by atoms with Crippen molar-refractivity contribution in [2.24, 2.45) is 5.92 Å². The van der Waals surface area contributed by atoms with Crippen LogP contribution in [-0.4, -0.2) is 53.0 Å². The first-order valence-electron chi connectivity index (χ1n) is 8.91. The summed E-state index contributed by atoms with van der Waals surface area (Å²) >= 11 is 0. The predicted molar refractivity (Wildman–Crippen MR) is 96.7 cm³/mol. The van der Waals surface area contributed by atoms with E-state index in [0.717, 1.165) is 43.6 Å². The lowest BCUT2D eigenvalue weighted by Crippen LogP contribution is -2.21. The molecule has 0 spiro atoms. The summed E-state index contributed by atoms with van der Waals surface area (Å²) in [6.07, 6.45) is 0.199. The minimum absolute atomic E-state index is 0.199. The lowest BCUT2D eigenvalue weighted by atomic mass is 9.96. The van der Waals surface area contributed by atoms with Gasteiger partial charge in [-0.15, -0.1) is 0 Å². The van der Waals surface area contributed by atoms with Gasteiger partial charge in [0, 0.05) is 38.6 Å². The molecule has 6 nitrogen and oxygen atoms in total. The van der Waals surface area contributed by atoms with Gasteiger partial charge in [-0.1, -0.05) is 12.1 Å². The van der Waals surface area contributed by atoms with E-state index in [1.165, 1.54) is 5.56 Å². The number of H-pyrrole nitrogens is 1. The number of nitrogens with one attached hydrogen (secondary N) is 1. The summed E-state index contributed by atoms with van der Waals surface area (Å²) in [5.41, 5.74) is 1.29. The Balaban J connectivity index is 1.65. The fraction of sp³-hybridized carbons (Fsp3) is 0.579. The molecule has 0 bridgehead atoms. The highest BCUT2D eigenvalue weighted by molar-refractivity contribution is 5.27. The van der Waals surface area contributed by atoms with E-state index in [1.54, 1.807) is 7.11 Å². The van der Waals surface area contributed by atoms with Gasteiger partial charge in [0.25, 0.3) is 0 Å². The highest BCUT2D eigenvalue weighted by Crippen LogP contribution is 2.32. The third-order valence-electron chi connectivity index (χ3n) is 4.54. The molecule has 0 aliphatic carbocycles. The molecule has 1 aromatic heterocycles. The van der Waals surface area contributed by atoms with Gasteiger partial charge in [0.15, 0.2) is 5.82 Å². The van der Waals surface area contributed by atoms with Gasteiger partial charge in [-0.2, -0.15) is 5.10 Å². The minimum Gasteiger partial charge on any atom is -0.491 e. The van der Waals surface area contributed by atoms with Gasteiger partial charge in [0.2, 0.25) is 0 Å². The zero-order valence-corrected chi connectivity index (χ0v) is 15.5. The van der Waals surface area contributed by atoms with Crippen molar-refractivity contribution in [1.29, 1.82) is 0 Å². The predicted octanol–water partition coefficient (Wildman–Crippen LogP) is 2.76. The highest BCUT2D eigenvalue weighted by atomic mass is 16.5. The summed E-state index contributed by atoms with van der Waals surface area (Å²) in [6.45, 7) is 9.62. The molecule has 2 aromatic rings. The number of hydrogen-bond donors (Lipinski definition) is 1. The van der Waals surface area contributed by atoms with Gasteiger partial charge >= 0.3 is 0 Å². The average molecular weight is 344 g/mol. The van der Waals surface area contributed by atoms with Gasteiger partial charge in [-0.05, 0) is 38.5 Å². The van der Waals surface area contributed by atoms with Crippen molar-refractivity contribution in [2.45, 2.75) is 39.3 Å². The van der Waals surface area contributed by atoms with E-state index >= 15 is 0 Å². The van der Waals surface area contributed by atoms with E-state index < -0.39 is 0 Å². The summed E-state index contributed by atoms with van der Waals surface area (Å²) < 4.78 is 11.1. The molecule has 1 N–H and O–H groups in total. The lowest BCUT2D eigenvalue weighted by Gasteiger charge is -2.16. The third-order valence-corrected chi connectivity index (χ3v) is 4.54. The fourth-order valence-corrected chi connectivity index (χ4v) is 3.49. The quantitative estimate of drug-likeness (QED) is 0.837. The number of benzene rings is 1. The topological polar surface area (TPSA) is 63.3 Å². The number of methoxy groups -OCH3 is 1. The first kappa shape index (κ1) is 17.9. The highest BCUT2D eigenvalue weighted by Gasteiger charge is 2.36. The molecule has 2 heterocycles. The molecule has 6 heteroatoms. The molecule has 0 unspecified atom stereocenters. The molecule has 0 amide bonds. The van der Waals surface area contributed by atoms with E-state index in [4.69, 9.17) is 9.47 Å². The van der Waals surface area contributed by atoms with Crippen LogP contribution in [-0.2, 0) is 11.3 Å². The zero-order chi connectivity index (χ0) is 17.8. The first-order valence-corrected chi connectivity index (χ1v) is 8.91. The molecule has 0 saturated carbocycles. The number of aryl methyl sites for hydroxylation is 1. The Hall–Kier alpha value is -1.92. The molecule has 136 valence electrons. The van der Waals surface area contributed by atoms with Crippen molar-refractivity contribution >= 4 is 0 Å². The van der Waals surface area contributed by atoms with Crippen LogP contribution >= 0.6 is 0 Å². The molecule has 25 heavy (non-hydrogen) atoms. The molecule has 1 aromatic carbocycles. The number of rotatable bonds is 7. The molecule has 3 rings (SSSR count). The molecule has 1 saturated heterocycles. The van der Waals surface area contributed by atoms with Crippen LogP contribution in [0.15, 0.2) is 24.3 Å². The van der Waals surface area contributed by atoms with Gasteiger partial charge < -0.3 is 9.47 Å². The maximum absolute atomic E-state index is 5.72. The smallest absolute Gasteiger partial charge is 0.155 e. The number of hydrogen-bond acceptors (Lipinski definition) is 5. The van der Waals surface area contributed by atoms with Crippen LogP contribution in [0.4, 0.5) is 0 Å². The Morgan fingerprint density at radius 1 is 1.24 bits per heavy atom. The Labute approximate surface area is 149 Å². The molecule has 2 atom stereocenters. The standard InChI is InChI=1S/C19H28N4O2/c1-13(2)25-17-7-5-15(6-8-17)9-23-10-16(12-24-4)18(11-23)19-20-14(3)21-22-19/h5-8,13,16,18H,9-12H2,1-4H3,(H,20,21,22)/t16-,18+/m0/s1. The van der Waals surface area contributed by atoms with Crippen molar-refractivity contribution in [3.05, 3.63) is 41.5 Å². The molecule has 1 fully saturated rings. The van der Waals surface area contributed by atoms with E-state index in [1.807, 2.05) is 32.9 Å². The van der Waals surface area contributed by atoms with Crippen LogP contribution < -0.4 is 4.74 Å². The first-order chi connectivity index (χ1) is 12.0. The number of nitrogens with zero attached hydrogens (tertiary/aromatic N) is 3. The van der Waals surface area contributed by atoms with Crippen molar-refractivity contribution < 1.29 is 9.47 Å². The molecule has 1 aliphatic heterocycles. The normalized spacial score (nSPS) is 21.2. The summed E-state index contributed by atoms with van der Waals surface area (Å²) in [5.74, 6) is 3.43. The number of ether oxygens (including phenoxy) is 2. The molecule has 1 aliphatic rings. The van der Waals surface area contributed by atoms with E-state index in [0.29, 0.717) is 11.8 Å². The summed E-state index contributed by atoms with van der Waals surface area (Å²) in [4.78, 5) is 7.00. The molecule has 0 radical (unpaired) electrons. The zero-order valence-electron chi connectivity index (χ0n) is 15.5. The Kier molecular flexibility index (Phi) is 5.71. The van der Waals surface area contributed by atoms with Gasteiger partial charge in [-0.3, -0.25) is 10.00 Å². The van der Waals surface area contributed by atoms with Gasteiger partial charge in [0.1, 0.15) is 11.6 Å². The lowest BCUT2D eigenvalue weighted by molar-refractivity contribution is 0.146. The van der Waals surface area contributed by atoms with Crippen molar-refractivity contribution in [3.63, 3.8) is 0 Å². The van der Waals surface area contributed by atoms with E-state index in [-0.39, 0.29) is 6.10 Å². The second-order valence-corrected chi connectivity index (χ2v) is 7.11. The summed E-state index contributed by atoms with van der Waals surface area (Å²) in [6, 6.07) is 8.39. The number of likely N-dealkylation sites (tertiary alicyclic amines) is 1. The molecular weight excluding hydrogens is 316 g/mol. The van der Waals surface area contributed by atoms with E-state index in [9.17, 15) is 0 Å². The summed E-state index contributed by atoms with van der Waals surface area (Å²) in [5, 5.41) is 7.34. The second kappa shape index (κ2) is 7.97. The Bertz CT molecular complexity index is 668. The van der Waals surface area contributed by atoms with Crippen LogP contribution in [0, 0.1) is 12.8 Å².